The first-order valence-corrected chi connectivity index (χ1v) is 15.3. The van der Waals surface area contributed by atoms with Gasteiger partial charge in [-0.1, -0.05) is 135 Å². The van der Waals surface area contributed by atoms with Crippen LogP contribution in [0.25, 0.3) is 11.1 Å². The summed E-state index contributed by atoms with van der Waals surface area (Å²) >= 11 is 0. The molecule has 0 saturated carbocycles. The van der Waals surface area contributed by atoms with Gasteiger partial charge in [0.1, 0.15) is 5.78 Å². The number of hydrogen-bond donors (Lipinski definition) is 1. The second-order valence-corrected chi connectivity index (χ2v) is 10.0. The van der Waals surface area contributed by atoms with Crippen LogP contribution < -0.4 is 5.32 Å². The third-order valence-electron chi connectivity index (χ3n) is 7.11. The van der Waals surface area contributed by atoms with Crippen molar-refractivity contribution in [1.29, 1.82) is 0 Å². The average Bonchev–Trinajstić information content (AvgIpc) is 3.33. The van der Waals surface area contributed by atoms with E-state index in [-0.39, 0.29) is 44.3 Å². The summed E-state index contributed by atoms with van der Waals surface area (Å²) in [6, 6.07) is 31.8. The van der Waals surface area contributed by atoms with Crippen molar-refractivity contribution >= 4 is 12.2 Å². The largest absolute Gasteiger partial charge is 2.00 e. The van der Waals surface area contributed by atoms with E-state index >= 15 is 0 Å². The summed E-state index contributed by atoms with van der Waals surface area (Å²) in [5.74, 6) is 7.01. The van der Waals surface area contributed by atoms with E-state index in [9.17, 15) is 9.59 Å². The molecule has 3 nitrogen and oxygen atoms in total. The molecule has 5 rings (SSSR count). The number of amides is 1. The van der Waals surface area contributed by atoms with Gasteiger partial charge in [0, 0.05) is 30.5 Å². The Morgan fingerprint density at radius 1 is 0.822 bits per heavy atom. The Labute approximate surface area is 297 Å². The first-order chi connectivity index (χ1) is 20.9. The van der Waals surface area contributed by atoms with Gasteiger partial charge in [0.05, 0.1) is 0 Å². The van der Waals surface area contributed by atoms with Crippen molar-refractivity contribution in [3.63, 3.8) is 0 Å². The molecule has 0 radical (unpaired) electrons. The number of benzene rings is 4. The molecule has 1 unspecified atom stereocenters. The van der Waals surface area contributed by atoms with Gasteiger partial charge >= 0.3 is 31.1 Å². The molecule has 0 aliphatic heterocycles. The minimum Gasteiger partial charge on any atom is -0.358 e. The molecular weight excluding hydrogens is 776 g/mol. The quantitative estimate of drug-likeness (QED) is 0.0912. The number of rotatable bonds is 6. The number of Topliss-reactive ketones (excluding diaryl/α,β-unsaturated/α-hetero) is 1. The molecule has 1 N–H and O–H groups in total. The van der Waals surface area contributed by atoms with Crippen molar-refractivity contribution in [1.82, 2.24) is 5.32 Å². The predicted molar refractivity (Wildman–Crippen MR) is 189 cm³/mol. The molecular formula is C41H49NO2U. The van der Waals surface area contributed by atoms with Gasteiger partial charge in [-0.2, -0.15) is 0 Å². The van der Waals surface area contributed by atoms with E-state index in [4.69, 9.17) is 0 Å². The molecule has 4 aromatic carbocycles. The van der Waals surface area contributed by atoms with Crippen LogP contribution in [0.2, 0.25) is 0 Å². The van der Waals surface area contributed by atoms with Crippen molar-refractivity contribution < 1.29 is 40.7 Å². The van der Waals surface area contributed by atoms with E-state index in [1.165, 1.54) is 38.9 Å². The van der Waals surface area contributed by atoms with Crippen molar-refractivity contribution in [2.24, 2.45) is 0 Å². The SMILES string of the molecule is CC.CCC(=O)CCNC=O.CCc1ccccc1C#Cc1ccccc1C.[CH2-]C1c2ccccc2-c2ccc(C)cc21.[CH3-].[U+2]. The Bertz CT molecular complexity index is 1530. The molecule has 4 aromatic rings. The van der Waals surface area contributed by atoms with Crippen LogP contribution >= 0.6 is 0 Å². The normalized spacial score (nSPS) is 11.2. The summed E-state index contributed by atoms with van der Waals surface area (Å²) in [6.07, 6.45) is 2.64. The molecule has 0 spiro atoms. The van der Waals surface area contributed by atoms with Crippen LogP contribution in [-0.2, 0) is 16.0 Å². The Morgan fingerprint density at radius 2 is 1.40 bits per heavy atom. The molecule has 4 heteroatoms. The van der Waals surface area contributed by atoms with Gasteiger partial charge in [-0.25, -0.2) is 0 Å². The van der Waals surface area contributed by atoms with Crippen LogP contribution in [0.3, 0.4) is 0 Å². The van der Waals surface area contributed by atoms with Crippen molar-refractivity contribution in [3.05, 3.63) is 144 Å². The van der Waals surface area contributed by atoms with Gasteiger partial charge in [0.2, 0.25) is 6.41 Å². The van der Waals surface area contributed by atoms with Crippen LogP contribution in [0.5, 0.6) is 0 Å². The summed E-state index contributed by atoms with van der Waals surface area (Å²) in [4.78, 5) is 20.2. The zero-order valence-corrected chi connectivity index (χ0v) is 32.3. The molecule has 234 valence electrons. The molecule has 1 aliphatic rings. The number of aryl methyl sites for hydroxylation is 3. The first-order valence-electron chi connectivity index (χ1n) is 15.3. The van der Waals surface area contributed by atoms with E-state index in [1.54, 1.807) is 0 Å². The van der Waals surface area contributed by atoms with E-state index in [2.05, 4.69) is 118 Å². The summed E-state index contributed by atoms with van der Waals surface area (Å²) in [6.45, 7) is 16.9. The molecule has 1 aliphatic carbocycles. The minimum atomic E-state index is 0. The Morgan fingerprint density at radius 3 is 2.04 bits per heavy atom. The van der Waals surface area contributed by atoms with Crippen LogP contribution in [0.4, 0.5) is 0 Å². The summed E-state index contributed by atoms with van der Waals surface area (Å²) in [5, 5.41) is 2.41. The summed E-state index contributed by atoms with van der Waals surface area (Å²) < 4.78 is 0. The molecule has 45 heavy (non-hydrogen) atoms. The van der Waals surface area contributed by atoms with E-state index in [0.29, 0.717) is 31.7 Å². The maximum Gasteiger partial charge on any atom is 2.00 e. The van der Waals surface area contributed by atoms with Gasteiger partial charge in [0.25, 0.3) is 0 Å². The smallest absolute Gasteiger partial charge is 0.358 e. The van der Waals surface area contributed by atoms with Crippen molar-refractivity contribution in [3.8, 4) is 23.0 Å². The third kappa shape index (κ3) is 12.9. The summed E-state index contributed by atoms with van der Waals surface area (Å²) in [7, 11) is 0. The van der Waals surface area contributed by atoms with Gasteiger partial charge in [0.15, 0.2) is 0 Å². The Hall–Kier alpha value is -3.37. The molecule has 0 saturated heterocycles. The van der Waals surface area contributed by atoms with Gasteiger partial charge in [-0.15, -0.1) is 5.92 Å². The van der Waals surface area contributed by atoms with Crippen LogP contribution in [0, 0.1) is 71.2 Å². The number of fused-ring (bicyclic) bond motifs is 3. The van der Waals surface area contributed by atoms with Crippen LogP contribution in [0.1, 0.15) is 85.4 Å². The van der Waals surface area contributed by atoms with Gasteiger partial charge < -0.3 is 19.7 Å². The fourth-order valence-corrected chi connectivity index (χ4v) is 4.68. The Kier molecular flexibility index (Phi) is 21.3. The fourth-order valence-electron chi connectivity index (χ4n) is 4.68. The number of ketones is 1. The zero-order chi connectivity index (χ0) is 31.6. The third-order valence-corrected chi connectivity index (χ3v) is 7.11. The van der Waals surface area contributed by atoms with Crippen molar-refractivity contribution in [2.75, 3.05) is 6.54 Å². The number of hydrogen-bond acceptors (Lipinski definition) is 2. The second kappa shape index (κ2) is 23.0. The standard InChI is InChI=1S/C17H16.C15H13.C6H11NO2.C2H6.CH3.U/c1-3-15-9-6-7-11-17(15)13-12-16-10-5-4-8-14(16)2;1-10-7-8-14-13-6-4-3-5-12(13)11(2)15(14)9-10;1-2-6(9)3-4-7-5-8;1-2;;/h4-11H,3H2,1-2H3;3-9,11H,2H2,1H3;5H,2-4H2,1H3,(H,7,8);1-2H3;1H3;/q;-1;;;-1;+2. The fraction of sp³-hybridized carbons (Fsp3) is 0.268. The number of carbonyl (C=O) groups is 2. The predicted octanol–water partition coefficient (Wildman–Crippen LogP) is 9.48. The maximum atomic E-state index is 10.5. The van der Waals surface area contributed by atoms with Crippen molar-refractivity contribution in [2.45, 2.75) is 66.7 Å². The molecule has 1 atom stereocenters. The maximum absolute atomic E-state index is 10.5. The monoisotopic (exact) mass is 825 g/mol. The molecule has 1 amide bonds. The Balaban J connectivity index is 0.000000640. The second-order valence-electron chi connectivity index (χ2n) is 10.0. The molecule has 0 bridgehead atoms. The van der Waals surface area contributed by atoms with Crippen LogP contribution in [0.15, 0.2) is 91.0 Å². The minimum absolute atomic E-state index is 0. The van der Waals surface area contributed by atoms with Gasteiger partial charge in [-0.3, -0.25) is 9.59 Å². The first kappa shape index (κ1) is 41.6. The van der Waals surface area contributed by atoms with E-state index < -0.39 is 0 Å². The zero-order valence-electron chi connectivity index (χ0n) is 28.2. The average molecular weight is 826 g/mol. The topological polar surface area (TPSA) is 46.2 Å². The van der Waals surface area contributed by atoms with Gasteiger partial charge in [-0.05, 0) is 54.7 Å². The number of nitrogens with one attached hydrogen (secondary N) is 1. The molecule has 0 aromatic heterocycles. The number of carbonyl (C=O) groups excluding carboxylic acids is 2. The van der Waals surface area contributed by atoms with E-state index in [1.807, 2.05) is 39.0 Å². The molecule has 0 heterocycles. The van der Waals surface area contributed by atoms with Crippen LogP contribution in [-0.4, -0.2) is 18.7 Å². The van der Waals surface area contributed by atoms with E-state index in [0.717, 1.165) is 17.5 Å². The summed E-state index contributed by atoms with van der Waals surface area (Å²) in [5.41, 5.74) is 11.5. The molecule has 0 fully saturated rings.